The number of allylic oxidation sites excluding steroid dienone is 2. The van der Waals surface area contributed by atoms with E-state index in [1.807, 2.05) is 30.3 Å². The van der Waals surface area contributed by atoms with E-state index < -0.39 is 5.97 Å². The molecule has 2 nitrogen and oxygen atoms in total. The van der Waals surface area contributed by atoms with Crippen LogP contribution >= 0.6 is 0 Å². The Bertz CT molecular complexity index is 478. The predicted molar refractivity (Wildman–Crippen MR) is 112 cm³/mol. The zero-order valence-corrected chi connectivity index (χ0v) is 16.7. The molecule has 0 radical (unpaired) electrons. The highest BCUT2D eigenvalue weighted by atomic mass is 16.4. The van der Waals surface area contributed by atoms with Crippen molar-refractivity contribution in [3.05, 3.63) is 48.0 Å². The third-order valence-corrected chi connectivity index (χ3v) is 5.00. The highest BCUT2D eigenvalue weighted by Gasteiger charge is 2.18. The summed E-state index contributed by atoms with van der Waals surface area (Å²) in [6.45, 7) is 2.26. The first-order chi connectivity index (χ1) is 12.8. The summed E-state index contributed by atoms with van der Waals surface area (Å²) in [5.41, 5.74) is 0.928. The van der Waals surface area contributed by atoms with E-state index in [1.165, 1.54) is 57.8 Å². The van der Waals surface area contributed by atoms with Gasteiger partial charge in [0, 0.05) is 0 Å². The Hall–Kier alpha value is -1.57. The molecule has 0 saturated heterocycles. The van der Waals surface area contributed by atoms with Crippen molar-refractivity contribution in [1.29, 1.82) is 0 Å². The third kappa shape index (κ3) is 11.1. The highest BCUT2D eigenvalue weighted by molar-refractivity contribution is 5.75. The number of carboxylic acids is 1. The van der Waals surface area contributed by atoms with Gasteiger partial charge in [0.25, 0.3) is 0 Å². The summed E-state index contributed by atoms with van der Waals surface area (Å²) in [4.78, 5) is 11.5. The standard InChI is InChI=1S/C24H38O2/c1-2-3-4-5-6-7-8-9-10-11-12-13-14-18-21-23(24(25)26)22-19-16-15-17-20-22/h9-10,15-17,19-20,23H,2-8,11-14,18,21H2,1H3,(H,25,26)/b10-9-. The zero-order chi connectivity index (χ0) is 18.9. The number of rotatable bonds is 16. The van der Waals surface area contributed by atoms with Gasteiger partial charge in [-0.05, 0) is 37.7 Å². The van der Waals surface area contributed by atoms with Crippen LogP contribution in [0.1, 0.15) is 102 Å². The van der Waals surface area contributed by atoms with Crippen molar-refractivity contribution < 1.29 is 9.90 Å². The molecular formula is C24H38O2. The van der Waals surface area contributed by atoms with Crippen molar-refractivity contribution in [3.63, 3.8) is 0 Å². The molecule has 0 bridgehead atoms. The van der Waals surface area contributed by atoms with Crippen LogP contribution in [0.3, 0.4) is 0 Å². The lowest BCUT2D eigenvalue weighted by atomic mass is 9.93. The smallest absolute Gasteiger partial charge is 0.310 e. The fourth-order valence-electron chi connectivity index (χ4n) is 3.36. The van der Waals surface area contributed by atoms with Crippen molar-refractivity contribution >= 4 is 5.97 Å². The van der Waals surface area contributed by atoms with Crippen molar-refractivity contribution in [1.82, 2.24) is 0 Å². The first-order valence-electron chi connectivity index (χ1n) is 10.7. The second kappa shape index (κ2) is 15.7. The molecule has 1 atom stereocenters. The molecule has 26 heavy (non-hydrogen) atoms. The van der Waals surface area contributed by atoms with E-state index >= 15 is 0 Å². The molecule has 2 heteroatoms. The molecule has 0 heterocycles. The number of carbonyl (C=O) groups is 1. The summed E-state index contributed by atoms with van der Waals surface area (Å²) < 4.78 is 0. The lowest BCUT2D eigenvalue weighted by Crippen LogP contribution is -2.11. The topological polar surface area (TPSA) is 37.3 Å². The summed E-state index contributed by atoms with van der Waals surface area (Å²) in [5, 5.41) is 9.42. The molecule has 0 aliphatic rings. The highest BCUT2D eigenvalue weighted by Crippen LogP contribution is 2.23. The van der Waals surface area contributed by atoms with E-state index in [4.69, 9.17) is 0 Å². The summed E-state index contributed by atoms with van der Waals surface area (Å²) in [5.74, 6) is -1.05. The van der Waals surface area contributed by atoms with E-state index in [0.717, 1.165) is 31.2 Å². The average Bonchev–Trinajstić information content (AvgIpc) is 2.65. The maximum Gasteiger partial charge on any atom is 0.310 e. The molecular weight excluding hydrogens is 320 g/mol. The largest absolute Gasteiger partial charge is 0.481 e. The minimum atomic E-state index is -0.700. The van der Waals surface area contributed by atoms with Crippen molar-refractivity contribution in [2.24, 2.45) is 0 Å². The Kier molecular flexibility index (Phi) is 13.5. The summed E-state index contributed by atoms with van der Waals surface area (Å²) in [6.07, 6.45) is 20.5. The first kappa shape index (κ1) is 22.5. The van der Waals surface area contributed by atoms with Gasteiger partial charge in [-0.2, -0.15) is 0 Å². The lowest BCUT2D eigenvalue weighted by Gasteiger charge is -2.12. The maximum atomic E-state index is 11.5. The average molecular weight is 359 g/mol. The SMILES string of the molecule is CCCCCCCC/C=C\CCCCCCC(C(=O)O)c1ccccc1. The molecule has 1 aromatic carbocycles. The second-order valence-corrected chi connectivity index (χ2v) is 7.32. The van der Waals surface area contributed by atoms with Gasteiger partial charge in [0.05, 0.1) is 5.92 Å². The van der Waals surface area contributed by atoms with Crippen LogP contribution < -0.4 is 0 Å². The molecule has 0 amide bonds. The number of carboxylic acid groups (broad SMARTS) is 1. The van der Waals surface area contributed by atoms with Crippen LogP contribution in [-0.2, 0) is 4.79 Å². The van der Waals surface area contributed by atoms with Gasteiger partial charge in [-0.15, -0.1) is 0 Å². The van der Waals surface area contributed by atoms with Gasteiger partial charge >= 0.3 is 5.97 Å². The molecule has 1 rings (SSSR count). The number of hydrogen-bond donors (Lipinski definition) is 1. The van der Waals surface area contributed by atoms with Crippen LogP contribution in [0.25, 0.3) is 0 Å². The molecule has 0 saturated carbocycles. The van der Waals surface area contributed by atoms with Crippen LogP contribution in [0.15, 0.2) is 42.5 Å². The minimum absolute atomic E-state index is 0.353. The van der Waals surface area contributed by atoms with Gasteiger partial charge in [0.2, 0.25) is 0 Å². The first-order valence-corrected chi connectivity index (χ1v) is 10.7. The molecule has 146 valence electrons. The molecule has 0 fully saturated rings. The molecule has 1 N–H and O–H groups in total. The Labute approximate surface area is 160 Å². The Morgan fingerprint density at radius 3 is 1.96 bits per heavy atom. The summed E-state index contributed by atoms with van der Waals surface area (Å²) in [6, 6.07) is 9.62. The predicted octanol–water partition coefficient (Wildman–Crippen LogP) is 7.50. The van der Waals surface area contributed by atoms with Gasteiger partial charge in [-0.1, -0.05) is 101 Å². The molecule has 1 aromatic rings. The van der Waals surface area contributed by atoms with Gasteiger partial charge in [0.1, 0.15) is 0 Å². The number of benzene rings is 1. The van der Waals surface area contributed by atoms with Crippen molar-refractivity contribution in [3.8, 4) is 0 Å². The van der Waals surface area contributed by atoms with Gasteiger partial charge in [-0.3, -0.25) is 4.79 Å². The minimum Gasteiger partial charge on any atom is -0.481 e. The van der Waals surface area contributed by atoms with Crippen molar-refractivity contribution in [2.45, 2.75) is 96.3 Å². The fraction of sp³-hybridized carbons (Fsp3) is 0.625. The normalized spacial score (nSPS) is 12.5. The Morgan fingerprint density at radius 2 is 1.38 bits per heavy atom. The number of unbranched alkanes of at least 4 members (excludes halogenated alkanes) is 10. The summed E-state index contributed by atoms with van der Waals surface area (Å²) in [7, 11) is 0. The summed E-state index contributed by atoms with van der Waals surface area (Å²) >= 11 is 0. The molecule has 0 aliphatic heterocycles. The van der Waals surface area contributed by atoms with E-state index in [9.17, 15) is 9.90 Å². The van der Waals surface area contributed by atoms with E-state index in [0.29, 0.717) is 0 Å². The second-order valence-electron chi connectivity index (χ2n) is 7.32. The quantitative estimate of drug-likeness (QED) is 0.245. The Morgan fingerprint density at radius 1 is 0.846 bits per heavy atom. The van der Waals surface area contributed by atoms with Crippen LogP contribution in [-0.4, -0.2) is 11.1 Å². The molecule has 0 spiro atoms. The van der Waals surface area contributed by atoms with Crippen LogP contribution in [0.2, 0.25) is 0 Å². The maximum absolute atomic E-state index is 11.5. The Balaban J connectivity index is 2.00. The lowest BCUT2D eigenvalue weighted by molar-refractivity contribution is -0.139. The van der Waals surface area contributed by atoms with Crippen molar-refractivity contribution in [2.75, 3.05) is 0 Å². The number of hydrogen-bond acceptors (Lipinski definition) is 1. The monoisotopic (exact) mass is 358 g/mol. The zero-order valence-electron chi connectivity index (χ0n) is 16.7. The number of aliphatic carboxylic acids is 1. The van der Waals surface area contributed by atoms with E-state index in [-0.39, 0.29) is 5.92 Å². The third-order valence-electron chi connectivity index (χ3n) is 5.00. The molecule has 1 unspecified atom stereocenters. The molecule has 0 aliphatic carbocycles. The van der Waals surface area contributed by atoms with E-state index in [1.54, 1.807) is 0 Å². The molecule has 0 aromatic heterocycles. The van der Waals surface area contributed by atoms with Gasteiger partial charge < -0.3 is 5.11 Å². The van der Waals surface area contributed by atoms with Gasteiger partial charge in [0.15, 0.2) is 0 Å². The van der Waals surface area contributed by atoms with Crippen LogP contribution in [0, 0.1) is 0 Å². The fourth-order valence-corrected chi connectivity index (χ4v) is 3.36. The van der Waals surface area contributed by atoms with E-state index in [2.05, 4.69) is 19.1 Å². The van der Waals surface area contributed by atoms with Gasteiger partial charge in [-0.25, -0.2) is 0 Å². The van der Waals surface area contributed by atoms with Crippen LogP contribution in [0.5, 0.6) is 0 Å². The van der Waals surface area contributed by atoms with Crippen LogP contribution in [0.4, 0.5) is 0 Å².